The Labute approximate surface area is 109 Å². The number of nitrogens with zero attached hydrogens (tertiary/aromatic N) is 4. The summed E-state index contributed by atoms with van der Waals surface area (Å²) in [5.74, 6) is 2.13. The third-order valence-corrected chi connectivity index (χ3v) is 2.18. The van der Waals surface area contributed by atoms with Crippen molar-refractivity contribution in [3.8, 4) is 0 Å². The molecule has 2 aromatic heterocycles. The molecule has 8 heteroatoms. The number of anilines is 2. The maximum Gasteiger partial charge on any atom is 0.229 e. The molecule has 0 saturated heterocycles. The quantitative estimate of drug-likeness (QED) is 0.855. The number of oxazole rings is 1. The summed E-state index contributed by atoms with van der Waals surface area (Å²) in [5.41, 5.74) is 0. The van der Waals surface area contributed by atoms with Gasteiger partial charge in [-0.3, -0.25) is 0 Å². The van der Waals surface area contributed by atoms with Crippen molar-refractivity contribution in [2.45, 2.75) is 20.4 Å². The van der Waals surface area contributed by atoms with Crippen molar-refractivity contribution >= 4 is 23.5 Å². The van der Waals surface area contributed by atoms with Crippen molar-refractivity contribution in [1.82, 2.24) is 19.9 Å². The van der Waals surface area contributed by atoms with Gasteiger partial charge in [0.05, 0.1) is 12.7 Å². The highest BCUT2D eigenvalue weighted by Crippen LogP contribution is 2.10. The molecule has 0 spiro atoms. The monoisotopic (exact) mass is 268 g/mol. The van der Waals surface area contributed by atoms with Crippen LogP contribution < -0.4 is 10.6 Å². The molecule has 0 radical (unpaired) electrons. The highest BCUT2D eigenvalue weighted by atomic mass is 35.5. The zero-order chi connectivity index (χ0) is 13.0. The predicted molar refractivity (Wildman–Crippen MR) is 67.6 cm³/mol. The Hall–Kier alpha value is -1.89. The molecule has 0 aliphatic heterocycles. The van der Waals surface area contributed by atoms with Gasteiger partial charge in [0.15, 0.2) is 0 Å². The molecule has 18 heavy (non-hydrogen) atoms. The van der Waals surface area contributed by atoms with Crippen molar-refractivity contribution in [2.24, 2.45) is 0 Å². The zero-order valence-corrected chi connectivity index (χ0v) is 10.8. The molecule has 0 atom stereocenters. The Kier molecular flexibility index (Phi) is 3.93. The lowest BCUT2D eigenvalue weighted by Gasteiger charge is -2.05. The summed E-state index contributed by atoms with van der Waals surface area (Å²) in [4.78, 5) is 16.1. The Balaban J connectivity index is 2.04. The molecule has 7 nitrogen and oxygen atoms in total. The second-order valence-electron chi connectivity index (χ2n) is 3.50. The van der Waals surface area contributed by atoms with E-state index < -0.39 is 0 Å². The highest BCUT2D eigenvalue weighted by Gasteiger charge is 2.06. The van der Waals surface area contributed by atoms with Crippen LogP contribution in [0.4, 0.5) is 11.9 Å². The van der Waals surface area contributed by atoms with Crippen LogP contribution in [0.2, 0.25) is 5.28 Å². The average molecular weight is 269 g/mol. The average Bonchev–Trinajstić information content (AvgIpc) is 2.72. The van der Waals surface area contributed by atoms with Gasteiger partial charge in [0.25, 0.3) is 0 Å². The first-order valence-electron chi connectivity index (χ1n) is 5.48. The van der Waals surface area contributed by atoms with Crippen LogP contribution in [0.15, 0.2) is 10.6 Å². The van der Waals surface area contributed by atoms with Gasteiger partial charge in [-0.05, 0) is 25.4 Å². The molecular weight excluding hydrogens is 256 g/mol. The second kappa shape index (κ2) is 5.63. The first-order chi connectivity index (χ1) is 8.67. The predicted octanol–water partition coefficient (Wildman–Crippen LogP) is 1.87. The summed E-state index contributed by atoms with van der Waals surface area (Å²) in [5, 5.41) is 6.07. The largest absolute Gasteiger partial charge is 0.444 e. The van der Waals surface area contributed by atoms with Crippen LogP contribution in [-0.2, 0) is 6.54 Å². The number of nitrogens with one attached hydrogen (secondary N) is 2. The molecule has 2 rings (SSSR count). The van der Waals surface area contributed by atoms with E-state index in [1.165, 1.54) is 0 Å². The van der Waals surface area contributed by atoms with E-state index >= 15 is 0 Å². The lowest BCUT2D eigenvalue weighted by atomic mass is 10.6. The van der Waals surface area contributed by atoms with E-state index in [9.17, 15) is 0 Å². The van der Waals surface area contributed by atoms with Crippen LogP contribution in [0.3, 0.4) is 0 Å². The van der Waals surface area contributed by atoms with E-state index in [4.69, 9.17) is 16.0 Å². The van der Waals surface area contributed by atoms with Gasteiger partial charge in [-0.15, -0.1) is 0 Å². The minimum Gasteiger partial charge on any atom is -0.444 e. The normalized spacial score (nSPS) is 10.4. The lowest BCUT2D eigenvalue weighted by Crippen LogP contribution is -2.09. The second-order valence-corrected chi connectivity index (χ2v) is 3.84. The summed E-state index contributed by atoms with van der Waals surface area (Å²) >= 11 is 5.79. The molecule has 2 heterocycles. The molecule has 0 bridgehead atoms. The van der Waals surface area contributed by atoms with E-state index in [-0.39, 0.29) is 5.28 Å². The Morgan fingerprint density at radius 1 is 1.22 bits per heavy atom. The topological polar surface area (TPSA) is 88.8 Å². The van der Waals surface area contributed by atoms with Gasteiger partial charge in [-0.25, -0.2) is 4.98 Å². The number of hydrogen-bond acceptors (Lipinski definition) is 7. The molecular formula is C10H13ClN6O. The van der Waals surface area contributed by atoms with Crippen molar-refractivity contribution < 1.29 is 4.42 Å². The molecule has 0 aromatic carbocycles. The molecule has 0 unspecified atom stereocenters. The molecule has 0 aliphatic carbocycles. The molecule has 2 N–H and O–H groups in total. The van der Waals surface area contributed by atoms with E-state index in [1.54, 1.807) is 6.20 Å². The Morgan fingerprint density at radius 3 is 2.56 bits per heavy atom. The molecule has 2 aromatic rings. The van der Waals surface area contributed by atoms with Crippen LogP contribution in [0.25, 0.3) is 0 Å². The van der Waals surface area contributed by atoms with Gasteiger partial charge in [-0.1, -0.05) is 0 Å². The van der Waals surface area contributed by atoms with E-state index in [1.807, 2.05) is 13.8 Å². The van der Waals surface area contributed by atoms with Crippen LogP contribution in [0.5, 0.6) is 0 Å². The summed E-state index contributed by atoms with van der Waals surface area (Å²) < 4.78 is 5.32. The smallest absolute Gasteiger partial charge is 0.229 e. The van der Waals surface area contributed by atoms with Crippen molar-refractivity contribution in [3.63, 3.8) is 0 Å². The van der Waals surface area contributed by atoms with Crippen LogP contribution in [-0.4, -0.2) is 26.5 Å². The van der Waals surface area contributed by atoms with Crippen molar-refractivity contribution in [1.29, 1.82) is 0 Å². The van der Waals surface area contributed by atoms with Crippen LogP contribution >= 0.6 is 11.6 Å². The van der Waals surface area contributed by atoms with E-state index in [2.05, 4.69) is 30.6 Å². The standard InChI is InChI=1S/C10H13ClN6O/c1-3-12-9-15-8(11)16-10(17-9)14-5-7-13-4-6(2)18-7/h4H,3,5H2,1-2H3,(H2,12,14,15,16,17). The molecule has 96 valence electrons. The first kappa shape index (κ1) is 12.6. The number of hydrogen-bond donors (Lipinski definition) is 2. The molecule has 0 aliphatic rings. The van der Waals surface area contributed by atoms with Crippen molar-refractivity contribution in [3.05, 3.63) is 23.1 Å². The first-order valence-corrected chi connectivity index (χ1v) is 5.86. The lowest BCUT2D eigenvalue weighted by molar-refractivity contribution is 0.478. The third-order valence-electron chi connectivity index (χ3n) is 2.01. The van der Waals surface area contributed by atoms with Crippen LogP contribution in [0, 0.1) is 6.92 Å². The number of halogens is 1. The number of aryl methyl sites for hydroxylation is 1. The number of rotatable bonds is 5. The van der Waals surface area contributed by atoms with Gasteiger partial charge in [-0.2, -0.15) is 15.0 Å². The Morgan fingerprint density at radius 2 is 1.94 bits per heavy atom. The van der Waals surface area contributed by atoms with Crippen LogP contribution in [0.1, 0.15) is 18.6 Å². The molecule has 0 saturated carbocycles. The van der Waals surface area contributed by atoms with Gasteiger partial charge < -0.3 is 15.1 Å². The number of aromatic nitrogens is 4. The summed E-state index contributed by atoms with van der Waals surface area (Å²) in [6.45, 7) is 4.87. The van der Waals surface area contributed by atoms with E-state index in [0.29, 0.717) is 30.9 Å². The maximum absolute atomic E-state index is 5.79. The minimum atomic E-state index is 0.132. The van der Waals surface area contributed by atoms with Gasteiger partial charge >= 0.3 is 0 Å². The summed E-state index contributed by atoms with van der Waals surface area (Å²) in [7, 11) is 0. The molecule has 0 amide bonds. The van der Waals surface area contributed by atoms with E-state index in [0.717, 1.165) is 5.76 Å². The van der Waals surface area contributed by atoms with Gasteiger partial charge in [0.1, 0.15) is 5.76 Å². The summed E-state index contributed by atoms with van der Waals surface area (Å²) in [6.07, 6.45) is 1.65. The summed E-state index contributed by atoms with van der Waals surface area (Å²) in [6, 6.07) is 0. The fourth-order valence-corrected chi connectivity index (χ4v) is 1.46. The fraction of sp³-hybridized carbons (Fsp3) is 0.400. The maximum atomic E-state index is 5.79. The minimum absolute atomic E-state index is 0.132. The van der Waals surface area contributed by atoms with Gasteiger partial charge in [0.2, 0.25) is 23.1 Å². The van der Waals surface area contributed by atoms with Crippen molar-refractivity contribution in [2.75, 3.05) is 17.2 Å². The Bertz CT molecular complexity index is 529. The molecule has 0 fully saturated rings. The van der Waals surface area contributed by atoms with Gasteiger partial charge in [0, 0.05) is 6.54 Å². The highest BCUT2D eigenvalue weighted by molar-refractivity contribution is 6.28. The SMILES string of the molecule is CCNc1nc(Cl)nc(NCc2ncc(C)o2)n1. The third kappa shape index (κ3) is 3.30. The zero-order valence-electron chi connectivity index (χ0n) is 10.1. The fourth-order valence-electron chi connectivity index (χ4n) is 1.30.